The zero-order valence-electron chi connectivity index (χ0n) is 12.4. The Morgan fingerprint density at radius 1 is 1.55 bits per heavy atom. The van der Waals surface area contributed by atoms with Crippen molar-refractivity contribution in [1.82, 2.24) is 10.6 Å². The van der Waals surface area contributed by atoms with Crippen LogP contribution >= 0.6 is 0 Å². The maximum atomic E-state index is 13.2. The number of rotatable bonds is 5. The van der Waals surface area contributed by atoms with Crippen LogP contribution in [0, 0.1) is 5.82 Å². The van der Waals surface area contributed by atoms with E-state index in [1.54, 1.807) is 12.1 Å². The number of carbonyl (C=O) groups is 2. The zero-order chi connectivity index (χ0) is 16.1. The van der Waals surface area contributed by atoms with Crippen molar-refractivity contribution < 1.29 is 19.1 Å². The molecular weight excluding hydrogens is 289 g/mol. The van der Waals surface area contributed by atoms with Crippen LogP contribution in [0.15, 0.2) is 24.3 Å². The van der Waals surface area contributed by atoms with Gasteiger partial charge in [-0.3, -0.25) is 4.79 Å². The van der Waals surface area contributed by atoms with Gasteiger partial charge in [-0.25, -0.2) is 9.18 Å². The van der Waals surface area contributed by atoms with Crippen molar-refractivity contribution in [2.45, 2.75) is 31.8 Å². The van der Waals surface area contributed by atoms with Gasteiger partial charge in [0.05, 0.1) is 18.7 Å². The van der Waals surface area contributed by atoms with E-state index in [1.165, 1.54) is 17.0 Å². The molecule has 2 rings (SSSR count). The molecule has 3 N–H and O–H groups in total. The van der Waals surface area contributed by atoms with Crippen LogP contribution in [0.5, 0.6) is 0 Å². The first-order valence-electron chi connectivity index (χ1n) is 7.27. The highest BCUT2D eigenvalue weighted by molar-refractivity contribution is 5.96. The van der Waals surface area contributed by atoms with E-state index >= 15 is 0 Å². The molecule has 0 saturated carbocycles. The molecule has 1 aromatic carbocycles. The Morgan fingerprint density at radius 3 is 2.95 bits per heavy atom. The van der Waals surface area contributed by atoms with Crippen LogP contribution in [0.25, 0.3) is 0 Å². The predicted molar refractivity (Wildman–Crippen MR) is 80.0 cm³/mol. The van der Waals surface area contributed by atoms with Crippen molar-refractivity contribution >= 4 is 17.6 Å². The van der Waals surface area contributed by atoms with Crippen LogP contribution in [-0.2, 0) is 4.79 Å². The maximum absolute atomic E-state index is 13.2. The third-order valence-electron chi connectivity index (χ3n) is 3.63. The minimum atomic E-state index is -0.417. The Bertz CT molecular complexity index is 549. The minimum absolute atomic E-state index is 0.136. The van der Waals surface area contributed by atoms with Gasteiger partial charge in [0, 0.05) is 18.7 Å². The smallest absolute Gasteiger partial charge is 0.315 e. The summed E-state index contributed by atoms with van der Waals surface area (Å²) < 4.78 is 13.2. The normalized spacial score (nSPS) is 19.1. The first kappa shape index (κ1) is 16.2. The second-order valence-electron chi connectivity index (χ2n) is 5.29. The van der Waals surface area contributed by atoms with Crippen LogP contribution in [0.2, 0.25) is 0 Å². The summed E-state index contributed by atoms with van der Waals surface area (Å²) >= 11 is 0. The molecule has 0 bridgehead atoms. The van der Waals surface area contributed by atoms with Gasteiger partial charge >= 0.3 is 6.03 Å². The summed E-state index contributed by atoms with van der Waals surface area (Å²) in [6, 6.07) is 4.73. The van der Waals surface area contributed by atoms with E-state index < -0.39 is 11.8 Å². The summed E-state index contributed by atoms with van der Waals surface area (Å²) in [5.41, 5.74) is 0.483. The molecule has 1 aromatic rings. The van der Waals surface area contributed by atoms with Gasteiger partial charge in [0.25, 0.3) is 0 Å². The number of anilines is 1. The van der Waals surface area contributed by atoms with Crippen molar-refractivity contribution in [2.24, 2.45) is 0 Å². The van der Waals surface area contributed by atoms with Gasteiger partial charge in [-0.2, -0.15) is 0 Å². The maximum Gasteiger partial charge on any atom is 0.315 e. The van der Waals surface area contributed by atoms with Crippen molar-refractivity contribution in [3.63, 3.8) is 0 Å². The highest BCUT2D eigenvalue weighted by Gasteiger charge is 2.31. The molecule has 0 spiro atoms. The van der Waals surface area contributed by atoms with E-state index in [2.05, 4.69) is 10.6 Å². The lowest BCUT2D eigenvalue weighted by Crippen LogP contribution is -2.48. The van der Waals surface area contributed by atoms with Gasteiger partial charge in [-0.15, -0.1) is 0 Å². The monoisotopic (exact) mass is 309 g/mol. The Morgan fingerprint density at radius 2 is 2.32 bits per heavy atom. The standard InChI is InChI=1S/C15H20FN3O3/c1-2-11(9-20)17-15(22)18-12-7-14(21)19(8-12)13-5-3-4-10(16)6-13/h3-6,11-12,20H,2,7-9H2,1H3,(H2,17,18,22)/t11-,12-/m1/s1. The number of urea groups is 1. The molecular formula is C15H20FN3O3. The van der Waals surface area contributed by atoms with E-state index in [1.807, 2.05) is 6.92 Å². The second-order valence-corrected chi connectivity index (χ2v) is 5.29. The summed E-state index contributed by atoms with van der Waals surface area (Å²) in [5, 5.41) is 14.4. The van der Waals surface area contributed by atoms with Crippen LogP contribution in [0.1, 0.15) is 19.8 Å². The first-order valence-corrected chi connectivity index (χ1v) is 7.27. The van der Waals surface area contributed by atoms with Crippen LogP contribution < -0.4 is 15.5 Å². The highest BCUT2D eigenvalue weighted by atomic mass is 19.1. The van der Waals surface area contributed by atoms with Gasteiger partial charge in [-0.05, 0) is 24.6 Å². The number of amides is 3. The number of nitrogens with one attached hydrogen (secondary N) is 2. The molecule has 1 saturated heterocycles. The predicted octanol–water partition coefficient (Wildman–Crippen LogP) is 1.00. The van der Waals surface area contributed by atoms with Crippen molar-refractivity contribution in [3.05, 3.63) is 30.1 Å². The van der Waals surface area contributed by atoms with Gasteiger partial charge in [-0.1, -0.05) is 13.0 Å². The lowest BCUT2D eigenvalue weighted by Gasteiger charge is -2.19. The highest BCUT2D eigenvalue weighted by Crippen LogP contribution is 2.22. The summed E-state index contributed by atoms with van der Waals surface area (Å²) in [5.74, 6) is -0.571. The molecule has 0 unspecified atom stereocenters. The molecule has 6 nitrogen and oxygen atoms in total. The molecule has 3 amide bonds. The lowest BCUT2D eigenvalue weighted by atomic mass is 10.2. The molecule has 1 heterocycles. The minimum Gasteiger partial charge on any atom is -0.394 e. The van der Waals surface area contributed by atoms with Crippen molar-refractivity contribution in [3.8, 4) is 0 Å². The summed E-state index contributed by atoms with van der Waals surface area (Å²) in [7, 11) is 0. The Labute approximate surface area is 128 Å². The van der Waals surface area contributed by atoms with E-state index in [-0.39, 0.29) is 31.0 Å². The van der Waals surface area contributed by atoms with Crippen molar-refractivity contribution in [1.29, 1.82) is 0 Å². The molecule has 0 radical (unpaired) electrons. The van der Waals surface area contributed by atoms with Crippen LogP contribution in [0.4, 0.5) is 14.9 Å². The Kier molecular flexibility index (Phi) is 5.32. The second kappa shape index (κ2) is 7.22. The number of halogens is 1. The molecule has 0 aliphatic carbocycles. The fraction of sp³-hybridized carbons (Fsp3) is 0.467. The molecule has 120 valence electrons. The Balaban J connectivity index is 1.93. The average Bonchev–Trinajstić information content (AvgIpc) is 2.85. The first-order chi connectivity index (χ1) is 10.5. The molecule has 1 aliphatic heterocycles. The number of carbonyl (C=O) groups excluding carboxylic acids is 2. The van der Waals surface area contributed by atoms with Gasteiger partial charge < -0.3 is 20.6 Å². The molecule has 2 atom stereocenters. The Hall–Kier alpha value is -2.15. The largest absolute Gasteiger partial charge is 0.394 e. The number of hydrogen-bond donors (Lipinski definition) is 3. The number of benzene rings is 1. The molecule has 7 heteroatoms. The number of nitrogens with zero attached hydrogens (tertiary/aromatic N) is 1. The van der Waals surface area contributed by atoms with Crippen LogP contribution in [-0.4, -0.2) is 42.3 Å². The fourth-order valence-electron chi connectivity index (χ4n) is 2.39. The quantitative estimate of drug-likeness (QED) is 0.759. The third-order valence-corrected chi connectivity index (χ3v) is 3.63. The fourth-order valence-corrected chi connectivity index (χ4v) is 2.39. The topological polar surface area (TPSA) is 81.7 Å². The zero-order valence-corrected chi connectivity index (χ0v) is 12.4. The molecule has 1 fully saturated rings. The van der Waals surface area contributed by atoms with Gasteiger partial charge in [0.2, 0.25) is 5.91 Å². The molecule has 0 aromatic heterocycles. The van der Waals surface area contributed by atoms with E-state index in [0.29, 0.717) is 18.7 Å². The number of aliphatic hydroxyl groups excluding tert-OH is 1. The average molecular weight is 309 g/mol. The van der Waals surface area contributed by atoms with E-state index in [9.17, 15) is 14.0 Å². The summed E-state index contributed by atoms with van der Waals surface area (Å²) in [6.07, 6.45) is 0.781. The molecule has 1 aliphatic rings. The SMILES string of the molecule is CC[C@H](CO)NC(=O)N[C@@H]1CC(=O)N(c2cccc(F)c2)C1. The number of hydrogen-bond acceptors (Lipinski definition) is 3. The van der Waals surface area contributed by atoms with Gasteiger partial charge in [0.15, 0.2) is 0 Å². The lowest BCUT2D eigenvalue weighted by molar-refractivity contribution is -0.117. The molecule has 22 heavy (non-hydrogen) atoms. The van der Waals surface area contributed by atoms with Crippen LogP contribution in [0.3, 0.4) is 0 Å². The van der Waals surface area contributed by atoms with E-state index in [4.69, 9.17) is 5.11 Å². The van der Waals surface area contributed by atoms with Gasteiger partial charge in [0.1, 0.15) is 5.82 Å². The van der Waals surface area contributed by atoms with E-state index in [0.717, 1.165) is 0 Å². The summed E-state index contributed by atoms with van der Waals surface area (Å²) in [4.78, 5) is 25.3. The number of aliphatic hydroxyl groups is 1. The van der Waals surface area contributed by atoms with Crippen molar-refractivity contribution in [2.75, 3.05) is 18.1 Å². The third kappa shape index (κ3) is 3.94. The summed E-state index contributed by atoms with van der Waals surface area (Å²) in [6.45, 7) is 2.01.